The first-order chi connectivity index (χ1) is 13.2. The maximum atomic E-state index is 13.1. The number of nitrogens with one attached hydrogen (secondary N) is 2. The summed E-state index contributed by atoms with van der Waals surface area (Å²) in [5.41, 5.74) is 0. The van der Waals surface area contributed by atoms with E-state index in [1.54, 1.807) is 0 Å². The molecule has 162 valence electrons. The van der Waals surface area contributed by atoms with E-state index in [0.717, 1.165) is 58.2 Å². The van der Waals surface area contributed by atoms with Crippen molar-refractivity contribution in [2.75, 3.05) is 19.6 Å². The normalized spacial score (nSPS) is 28.4. The molecular weight excluding hydrogens is 374 g/mol. The standard InChI is InChI=1S/C22H39N3O2.ClH/c1-2-14-25(20-12-13-23-16-20)22(27)18-8-10-19(11-9-18)24-21(26)15-17-6-4-3-5-7-17;/h17-20,23H,2-16H2,1H3,(H,24,26);1H. The van der Waals surface area contributed by atoms with E-state index in [4.69, 9.17) is 0 Å². The fourth-order valence-corrected chi connectivity index (χ4v) is 5.28. The lowest BCUT2D eigenvalue weighted by molar-refractivity contribution is -0.138. The number of hydrogen-bond acceptors (Lipinski definition) is 3. The van der Waals surface area contributed by atoms with E-state index in [9.17, 15) is 9.59 Å². The molecule has 5 nitrogen and oxygen atoms in total. The van der Waals surface area contributed by atoms with Gasteiger partial charge in [0.25, 0.3) is 0 Å². The minimum absolute atomic E-state index is 0. The van der Waals surface area contributed by atoms with Crippen molar-refractivity contribution in [1.29, 1.82) is 0 Å². The smallest absolute Gasteiger partial charge is 0.225 e. The van der Waals surface area contributed by atoms with Crippen LogP contribution in [0.1, 0.15) is 84.0 Å². The molecule has 0 radical (unpaired) electrons. The summed E-state index contributed by atoms with van der Waals surface area (Å²) in [5, 5.41) is 6.65. The Hall–Kier alpha value is -0.810. The first-order valence-electron chi connectivity index (χ1n) is 11.5. The van der Waals surface area contributed by atoms with Crippen molar-refractivity contribution >= 4 is 24.2 Å². The highest BCUT2D eigenvalue weighted by Crippen LogP contribution is 2.29. The van der Waals surface area contributed by atoms with E-state index in [2.05, 4.69) is 22.5 Å². The van der Waals surface area contributed by atoms with Crippen LogP contribution < -0.4 is 10.6 Å². The topological polar surface area (TPSA) is 61.4 Å². The molecule has 3 aliphatic rings. The third-order valence-electron chi connectivity index (χ3n) is 6.86. The van der Waals surface area contributed by atoms with Crippen LogP contribution in [0.25, 0.3) is 0 Å². The molecule has 3 rings (SSSR count). The highest BCUT2D eigenvalue weighted by Gasteiger charge is 2.33. The molecule has 1 unspecified atom stereocenters. The van der Waals surface area contributed by atoms with Crippen LogP contribution in [0, 0.1) is 11.8 Å². The van der Waals surface area contributed by atoms with E-state index >= 15 is 0 Å². The van der Waals surface area contributed by atoms with Gasteiger partial charge >= 0.3 is 0 Å². The summed E-state index contributed by atoms with van der Waals surface area (Å²) in [4.78, 5) is 27.6. The van der Waals surface area contributed by atoms with Crippen molar-refractivity contribution in [1.82, 2.24) is 15.5 Å². The van der Waals surface area contributed by atoms with Crippen LogP contribution in [0.15, 0.2) is 0 Å². The molecule has 6 heteroatoms. The second-order valence-corrected chi connectivity index (χ2v) is 9.00. The van der Waals surface area contributed by atoms with Crippen molar-refractivity contribution in [3.05, 3.63) is 0 Å². The molecule has 0 bridgehead atoms. The predicted molar refractivity (Wildman–Crippen MR) is 116 cm³/mol. The molecule has 2 aliphatic carbocycles. The molecule has 0 aromatic heterocycles. The Labute approximate surface area is 177 Å². The second-order valence-electron chi connectivity index (χ2n) is 9.00. The number of halogens is 1. The molecule has 1 atom stereocenters. The number of hydrogen-bond donors (Lipinski definition) is 2. The van der Waals surface area contributed by atoms with E-state index in [1.165, 1.54) is 32.1 Å². The van der Waals surface area contributed by atoms with Gasteiger partial charge in [-0.05, 0) is 63.8 Å². The third kappa shape index (κ3) is 6.62. The van der Waals surface area contributed by atoms with Gasteiger partial charge in [-0.2, -0.15) is 0 Å². The van der Waals surface area contributed by atoms with Crippen LogP contribution in [-0.2, 0) is 9.59 Å². The van der Waals surface area contributed by atoms with Crippen LogP contribution in [0.2, 0.25) is 0 Å². The quantitative estimate of drug-likeness (QED) is 0.669. The summed E-state index contributed by atoms with van der Waals surface area (Å²) in [7, 11) is 0. The Bertz CT molecular complexity index is 482. The molecule has 2 N–H and O–H groups in total. The van der Waals surface area contributed by atoms with Gasteiger partial charge in [0, 0.05) is 37.5 Å². The summed E-state index contributed by atoms with van der Waals surface area (Å²) in [6.45, 7) is 5.00. The summed E-state index contributed by atoms with van der Waals surface area (Å²) in [5.74, 6) is 1.35. The molecular formula is C22H40ClN3O2. The Morgan fingerprint density at radius 2 is 1.71 bits per heavy atom. The van der Waals surface area contributed by atoms with Gasteiger partial charge in [0.15, 0.2) is 0 Å². The second kappa shape index (κ2) is 12.0. The Balaban J connectivity index is 0.00000280. The van der Waals surface area contributed by atoms with Crippen LogP contribution in [-0.4, -0.2) is 48.4 Å². The van der Waals surface area contributed by atoms with E-state index < -0.39 is 0 Å². The minimum Gasteiger partial charge on any atom is -0.353 e. The van der Waals surface area contributed by atoms with Crippen LogP contribution in [0.5, 0.6) is 0 Å². The summed E-state index contributed by atoms with van der Waals surface area (Å²) in [6, 6.07) is 0.656. The van der Waals surface area contributed by atoms with Crippen LogP contribution in [0.4, 0.5) is 0 Å². The molecule has 1 heterocycles. The van der Waals surface area contributed by atoms with Gasteiger partial charge in [0.05, 0.1) is 0 Å². The van der Waals surface area contributed by atoms with Crippen molar-refractivity contribution < 1.29 is 9.59 Å². The van der Waals surface area contributed by atoms with E-state index in [0.29, 0.717) is 24.3 Å². The highest BCUT2D eigenvalue weighted by molar-refractivity contribution is 5.85. The molecule has 0 spiro atoms. The number of carbonyl (C=O) groups is 2. The molecule has 0 aromatic rings. The summed E-state index contributed by atoms with van der Waals surface area (Å²) >= 11 is 0. The van der Waals surface area contributed by atoms with Gasteiger partial charge in [-0.1, -0.05) is 26.2 Å². The van der Waals surface area contributed by atoms with Gasteiger partial charge in [-0.3, -0.25) is 9.59 Å². The number of nitrogens with zero attached hydrogens (tertiary/aromatic N) is 1. The summed E-state index contributed by atoms with van der Waals surface area (Å²) in [6.07, 6.45) is 12.9. The molecule has 1 saturated heterocycles. The minimum atomic E-state index is 0. The zero-order valence-corrected chi connectivity index (χ0v) is 18.4. The molecule has 3 fully saturated rings. The van der Waals surface area contributed by atoms with Crippen molar-refractivity contribution in [2.24, 2.45) is 11.8 Å². The lowest BCUT2D eigenvalue weighted by Crippen LogP contribution is -2.47. The first kappa shape index (κ1) is 23.5. The third-order valence-corrected chi connectivity index (χ3v) is 6.86. The number of rotatable bonds is 7. The predicted octanol–water partition coefficient (Wildman–Crippen LogP) is 3.65. The lowest BCUT2D eigenvalue weighted by atomic mass is 9.84. The van der Waals surface area contributed by atoms with Gasteiger partial charge in [-0.15, -0.1) is 12.4 Å². The number of amides is 2. The van der Waals surface area contributed by atoms with Gasteiger partial charge in [-0.25, -0.2) is 0 Å². The monoisotopic (exact) mass is 413 g/mol. The average Bonchev–Trinajstić information content (AvgIpc) is 3.21. The molecule has 2 amide bonds. The zero-order chi connectivity index (χ0) is 19.1. The largest absolute Gasteiger partial charge is 0.353 e. The van der Waals surface area contributed by atoms with Gasteiger partial charge in [0.1, 0.15) is 0 Å². The van der Waals surface area contributed by atoms with Crippen molar-refractivity contribution in [3.8, 4) is 0 Å². The highest BCUT2D eigenvalue weighted by atomic mass is 35.5. The van der Waals surface area contributed by atoms with E-state index in [-0.39, 0.29) is 30.3 Å². The lowest BCUT2D eigenvalue weighted by Gasteiger charge is -2.35. The Kier molecular flexibility index (Phi) is 10.1. The fourth-order valence-electron chi connectivity index (χ4n) is 5.28. The Morgan fingerprint density at radius 3 is 2.32 bits per heavy atom. The van der Waals surface area contributed by atoms with Gasteiger partial charge < -0.3 is 15.5 Å². The van der Waals surface area contributed by atoms with Gasteiger partial charge in [0.2, 0.25) is 11.8 Å². The molecule has 0 aromatic carbocycles. The molecule has 28 heavy (non-hydrogen) atoms. The van der Waals surface area contributed by atoms with Crippen molar-refractivity contribution in [2.45, 2.75) is 96.1 Å². The number of carbonyl (C=O) groups excluding carboxylic acids is 2. The SMILES string of the molecule is CCCN(C(=O)C1CCC(NC(=O)CC2CCCCC2)CC1)C1CCNC1.Cl. The van der Waals surface area contributed by atoms with E-state index in [1.807, 2.05) is 0 Å². The zero-order valence-electron chi connectivity index (χ0n) is 17.6. The van der Waals surface area contributed by atoms with Crippen molar-refractivity contribution in [3.63, 3.8) is 0 Å². The van der Waals surface area contributed by atoms with Crippen LogP contribution >= 0.6 is 12.4 Å². The Morgan fingerprint density at radius 1 is 1.00 bits per heavy atom. The average molecular weight is 414 g/mol. The maximum absolute atomic E-state index is 13.1. The molecule has 2 saturated carbocycles. The maximum Gasteiger partial charge on any atom is 0.225 e. The fraction of sp³-hybridized carbons (Fsp3) is 0.909. The first-order valence-corrected chi connectivity index (χ1v) is 11.5. The van der Waals surface area contributed by atoms with Crippen LogP contribution in [0.3, 0.4) is 0 Å². The summed E-state index contributed by atoms with van der Waals surface area (Å²) < 4.78 is 0. The molecule has 1 aliphatic heterocycles.